The van der Waals surface area contributed by atoms with Crippen LogP contribution in [0, 0.1) is 0 Å². The number of esters is 1. The van der Waals surface area contributed by atoms with Crippen molar-refractivity contribution >= 4 is 29.9 Å². The molecule has 0 aromatic heterocycles. The third kappa shape index (κ3) is 5.26. The monoisotopic (exact) mass is 335 g/mol. The number of nitrogens with zero attached hydrogens (tertiary/aromatic N) is 1. The van der Waals surface area contributed by atoms with E-state index in [0.717, 1.165) is 0 Å². The SMILES string of the molecule is NNC=NC=C(C(=O)OC(=CC=O)c1ccccc1)c1ccccc1. The van der Waals surface area contributed by atoms with Gasteiger partial charge in [0.25, 0.3) is 0 Å². The van der Waals surface area contributed by atoms with Crippen molar-refractivity contribution in [1.82, 2.24) is 5.43 Å². The summed E-state index contributed by atoms with van der Waals surface area (Å²) in [7, 11) is 0. The van der Waals surface area contributed by atoms with Crippen molar-refractivity contribution in [2.75, 3.05) is 0 Å². The summed E-state index contributed by atoms with van der Waals surface area (Å²) in [5.74, 6) is 4.65. The maximum absolute atomic E-state index is 12.6. The van der Waals surface area contributed by atoms with Crippen molar-refractivity contribution in [3.05, 3.63) is 84.1 Å². The number of benzene rings is 2. The summed E-state index contributed by atoms with van der Waals surface area (Å²) in [5, 5.41) is 0. The Morgan fingerprint density at radius 3 is 2.16 bits per heavy atom. The predicted molar refractivity (Wildman–Crippen MR) is 96.8 cm³/mol. The zero-order valence-corrected chi connectivity index (χ0v) is 13.3. The molecule has 0 unspecified atom stereocenters. The average molecular weight is 335 g/mol. The molecule has 0 spiro atoms. The zero-order chi connectivity index (χ0) is 17.9. The molecule has 0 radical (unpaired) electrons. The number of aliphatic imine (C=N–C) groups is 1. The minimum absolute atomic E-state index is 0.156. The van der Waals surface area contributed by atoms with Crippen LogP contribution in [0.3, 0.4) is 0 Å². The highest BCUT2D eigenvalue weighted by atomic mass is 16.5. The highest BCUT2D eigenvalue weighted by Crippen LogP contribution is 2.21. The molecule has 0 aliphatic carbocycles. The van der Waals surface area contributed by atoms with Crippen LogP contribution in [-0.4, -0.2) is 18.6 Å². The summed E-state index contributed by atoms with van der Waals surface area (Å²) in [5.41, 5.74) is 3.71. The first-order valence-corrected chi connectivity index (χ1v) is 7.42. The summed E-state index contributed by atoms with van der Waals surface area (Å²) in [6, 6.07) is 17.8. The van der Waals surface area contributed by atoms with E-state index in [4.69, 9.17) is 10.6 Å². The fraction of sp³-hybridized carbons (Fsp3) is 0. The lowest BCUT2D eigenvalue weighted by Crippen LogP contribution is -2.18. The van der Waals surface area contributed by atoms with Crippen LogP contribution in [0.2, 0.25) is 0 Å². The Hall–Kier alpha value is -3.51. The van der Waals surface area contributed by atoms with E-state index in [-0.39, 0.29) is 11.3 Å². The van der Waals surface area contributed by atoms with Gasteiger partial charge in [0, 0.05) is 17.8 Å². The Morgan fingerprint density at radius 2 is 1.60 bits per heavy atom. The van der Waals surface area contributed by atoms with E-state index >= 15 is 0 Å². The molecule has 6 heteroatoms. The summed E-state index contributed by atoms with van der Waals surface area (Å²) >= 11 is 0. The normalized spacial score (nSPS) is 12.0. The van der Waals surface area contributed by atoms with Crippen LogP contribution in [0.15, 0.2) is 77.9 Å². The van der Waals surface area contributed by atoms with Gasteiger partial charge < -0.3 is 10.2 Å². The van der Waals surface area contributed by atoms with Gasteiger partial charge in [0.2, 0.25) is 0 Å². The molecule has 2 aromatic rings. The quantitative estimate of drug-likeness (QED) is 0.118. The van der Waals surface area contributed by atoms with E-state index in [0.29, 0.717) is 17.4 Å². The van der Waals surface area contributed by atoms with E-state index in [2.05, 4.69) is 10.4 Å². The summed E-state index contributed by atoms with van der Waals surface area (Å²) in [4.78, 5) is 27.4. The molecule has 2 aromatic carbocycles. The largest absolute Gasteiger partial charge is 0.422 e. The van der Waals surface area contributed by atoms with Gasteiger partial charge in [-0.05, 0) is 5.56 Å². The number of hydrazine groups is 1. The van der Waals surface area contributed by atoms with Crippen LogP contribution in [0.25, 0.3) is 11.3 Å². The van der Waals surface area contributed by atoms with Gasteiger partial charge in [-0.3, -0.25) is 4.79 Å². The molecule has 0 atom stereocenters. The molecule has 3 N–H and O–H groups in total. The number of aldehydes is 1. The number of carbonyl (C=O) groups is 2. The first-order valence-electron chi connectivity index (χ1n) is 7.42. The smallest absolute Gasteiger partial charge is 0.345 e. The van der Waals surface area contributed by atoms with Gasteiger partial charge >= 0.3 is 5.97 Å². The third-order valence-corrected chi connectivity index (χ3v) is 3.14. The molecule has 2 rings (SSSR count). The number of hydrogen-bond donors (Lipinski definition) is 2. The first-order chi connectivity index (χ1) is 12.3. The predicted octanol–water partition coefficient (Wildman–Crippen LogP) is 2.30. The van der Waals surface area contributed by atoms with Crippen LogP contribution in [0.4, 0.5) is 0 Å². The standard InChI is InChI=1S/C19H17N3O3/c20-22-14-21-13-17(15-7-3-1-4-8-15)19(24)25-18(11-12-23)16-9-5-2-6-10-16/h1-14H,20H2,(H,21,22). The number of allylic oxidation sites excluding steroid dienone is 1. The minimum atomic E-state index is -0.641. The van der Waals surface area contributed by atoms with Crippen LogP contribution >= 0.6 is 0 Å². The molecule has 0 bridgehead atoms. The van der Waals surface area contributed by atoms with E-state index in [1.807, 2.05) is 12.1 Å². The van der Waals surface area contributed by atoms with Gasteiger partial charge in [0.05, 0.1) is 5.57 Å². The van der Waals surface area contributed by atoms with Crippen molar-refractivity contribution in [2.45, 2.75) is 0 Å². The minimum Gasteiger partial charge on any atom is -0.422 e. The molecular formula is C19H17N3O3. The van der Waals surface area contributed by atoms with Crippen molar-refractivity contribution < 1.29 is 14.3 Å². The molecule has 0 saturated carbocycles. The first kappa shape index (κ1) is 17.8. The van der Waals surface area contributed by atoms with Gasteiger partial charge in [0.1, 0.15) is 18.4 Å². The van der Waals surface area contributed by atoms with Gasteiger partial charge in [-0.1, -0.05) is 60.7 Å². The molecule has 0 aliphatic heterocycles. The number of nitrogens with two attached hydrogens (primary N) is 1. The number of rotatable bonds is 7. The second kappa shape index (κ2) is 9.59. The van der Waals surface area contributed by atoms with Gasteiger partial charge in [-0.25, -0.2) is 15.6 Å². The molecule has 0 fully saturated rings. The third-order valence-electron chi connectivity index (χ3n) is 3.14. The van der Waals surface area contributed by atoms with Gasteiger partial charge in [-0.15, -0.1) is 0 Å². The van der Waals surface area contributed by atoms with Crippen LogP contribution in [-0.2, 0) is 14.3 Å². The Morgan fingerprint density at radius 1 is 1.00 bits per heavy atom. The molecule has 25 heavy (non-hydrogen) atoms. The lowest BCUT2D eigenvalue weighted by Gasteiger charge is -2.10. The van der Waals surface area contributed by atoms with Crippen LogP contribution < -0.4 is 11.3 Å². The van der Waals surface area contributed by atoms with Crippen molar-refractivity contribution in [3.63, 3.8) is 0 Å². The Kier molecular flexibility index (Phi) is 6.84. The maximum atomic E-state index is 12.6. The fourth-order valence-electron chi connectivity index (χ4n) is 2.03. The van der Waals surface area contributed by atoms with Crippen molar-refractivity contribution in [3.8, 4) is 0 Å². The van der Waals surface area contributed by atoms with Crippen molar-refractivity contribution in [1.29, 1.82) is 0 Å². The van der Waals surface area contributed by atoms with E-state index < -0.39 is 5.97 Å². The fourth-order valence-corrected chi connectivity index (χ4v) is 2.03. The average Bonchev–Trinajstić information content (AvgIpc) is 2.66. The van der Waals surface area contributed by atoms with E-state index in [1.54, 1.807) is 48.5 Å². The lowest BCUT2D eigenvalue weighted by atomic mass is 10.1. The number of carbonyl (C=O) groups excluding carboxylic acids is 2. The number of ether oxygens (including phenoxy) is 1. The zero-order valence-electron chi connectivity index (χ0n) is 13.3. The summed E-state index contributed by atoms with van der Waals surface area (Å²) in [6.45, 7) is 0. The summed E-state index contributed by atoms with van der Waals surface area (Å²) < 4.78 is 5.42. The highest BCUT2D eigenvalue weighted by molar-refractivity contribution is 6.18. The molecular weight excluding hydrogens is 318 g/mol. The number of hydrogen-bond acceptors (Lipinski definition) is 5. The maximum Gasteiger partial charge on any atom is 0.345 e. The van der Waals surface area contributed by atoms with Gasteiger partial charge in [0.15, 0.2) is 0 Å². The van der Waals surface area contributed by atoms with E-state index in [1.165, 1.54) is 18.6 Å². The Labute approximate surface area is 145 Å². The lowest BCUT2D eigenvalue weighted by molar-refractivity contribution is -0.130. The van der Waals surface area contributed by atoms with Crippen LogP contribution in [0.5, 0.6) is 0 Å². The summed E-state index contributed by atoms with van der Waals surface area (Å²) in [6.07, 6.45) is 4.33. The molecule has 0 saturated heterocycles. The second-order valence-corrected chi connectivity index (χ2v) is 4.78. The Bertz CT molecular complexity index is 797. The molecule has 6 nitrogen and oxygen atoms in total. The molecule has 0 amide bonds. The second-order valence-electron chi connectivity index (χ2n) is 4.78. The molecule has 0 heterocycles. The van der Waals surface area contributed by atoms with Gasteiger partial charge in [-0.2, -0.15) is 0 Å². The van der Waals surface area contributed by atoms with Crippen molar-refractivity contribution in [2.24, 2.45) is 10.8 Å². The van der Waals surface area contributed by atoms with E-state index in [9.17, 15) is 9.59 Å². The number of nitrogens with one attached hydrogen (secondary N) is 1. The molecule has 126 valence electrons. The molecule has 0 aliphatic rings. The Balaban J connectivity index is 2.33. The topological polar surface area (TPSA) is 93.8 Å². The van der Waals surface area contributed by atoms with Crippen LogP contribution in [0.1, 0.15) is 11.1 Å². The highest BCUT2D eigenvalue weighted by Gasteiger charge is 2.16.